The molecule has 3 nitrogen and oxygen atoms in total. The summed E-state index contributed by atoms with van der Waals surface area (Å²) in [5, 5.41) is -0.529. The highest BCUT2D eigenvalue weighted by molar-refractivity contribution is 6.62. The van der Waals surface area contributed by atoms with Gasteiger partial charge in [0.05, 0.1) is 23.7 Å². The Morgan fingerprint density at radius 2 is 2.00 bits per heavy atom. The van der Waals surface area contributed by atoms with Crippen LogP contribution in [0.25, 0.3) is 0 Å². The van der Waals surface area contributed by atoms with Gasteiger partial charge in [-0.3, -0.25) is 4.79 Å². The lowest BCUT2D eigenvalue weighted by Crippen LogP contribution is -2.54. The highest BCUT2D eigenvalue weighted by atomic mass is 35.5. The van der Waals surface area contributed by atoms with Gasteiger partial charge in [-0.15, -0.1) is 0 Å². The van der Waals surface area contributed by atoms with E-state index >= 15 is 0 Å². The van der Waals surface area contributed by atoms with Crippen LogP contribution < -0.4 is 4.74 Å². The Morgan fingerprint density at radius 1 is 1.37 bits per heavy atom. The minimum absolute atomic E-state index is 0.0526. The number of benzene rings is 1. The largest absolute Gasteiger partial charge is 0.485 e. The average Bonchev–Trinajstić information content (AvgIpc) is 2.22. The van der Waals surface area contributed by atoms with Crippen LogP contribution >= 0.6 is 23.2 Å². The van der Waals surface area contributed by atoms with Gasteiger partial charge >= 0.3 is 11.5 Å². The lowest BCUT2D eigenvalue weighted by Gasteiger charge is -2.37. The van der Waals surface area contributed by atoms with Crippen LogP contribution in [-0.2, 0) is 6.18 Å². The zero-order valence-electron chi connectivity index (χ0n) is 9.38. The summed E-state index contributed by atoms with van der Waals surface area (Å²) in [5.74, 6) is -0.0526. The number of hydrogen-bond donors (Lipinski definition) is 0. The number of likely N-dealkylation sites (tertiary alicyclic amines) is 1. The Balaban J connectivity index is 2.07. The summed E-state index contributed by atoms with van der Waals surface area (Å²) in [6, 6.07) is 2.85. The summed E-state index contributed by atoms with van der Waals surface area (Å²) in [7, 11) is 0. The van der Waals surface area contributed by atoms with Gasteiger partial charge in [-0.2, -0.15) is 13.2 Å². The predicted molar refractivity (Wildman–Crippen MR) is 63.7 cm³/mol. The van der Waals surface area contributed by atoms with Crippen LogP contribution in [0.4, 0.5) is 18.0 Å². The number of carbonyl (C=O) groups is 1. The molecular weight excluding hydrogens is 306 g/mol. The van der Waals surface area contributed by atoms with Crippen LogP contribution in [-0.4, -0.2) is 29.5 Å². The highest BCUT2D eigenvalue weighted by Crippen LogP contribution is 2.35. The Hall–Kier alpha value is -1.14. The first kappa shape index (κ1) is 14.3. The summed E-state index contributed by atoms with van der Waals surface area (Å²) in [4.78, 5) is 12.0. The van der Waals surface area contributed by atoms with E-state index in [1.165, 1.54) is 4.90 Å². The van der Waals surface area contributed by atoms with E-state index in [2.05, 4.69) is 0 Å². The first-order valence-electron chi connectivity index (χ1n) is 5.25. The summed E-state index contributed by atoms with van der Waals surface area (Å²) >= 11 is 11.0. The molecule has 1 aromatic carbocycles. The first-order chi connectivity index (χ1) is 8.77. The molecule has 1 aliphatic heterocycles. The molecule has 8 heteroatoms. The molecule has 0 saturated carbocycles. The fourth-order valence-electron chi connectivity index (χ4n) is 1.61. The molecule has 0 radical (unpaired) electrons. The zero-order valence-corrected chi connectivity index (χ0v) is 10.9. The number of ether oxygens (including phenoxy) is 1. The SMILES string of the molecule is O=C(Cl)N1CC(Oc2cc(C(F)(F)F)ccc2Cl)C1. The second-order valence-corrected chi connectivity index (χ2v) is 4.77. The standard InChI is InChI=1S/C11H8Cl2F3NO2/c12-8-2-1-6(11(14,15)16)3-9(8)19-7-4-17(5-7)10(13)18/h1-3,7H,4-5H2. The van der Waals surface area contributed by atoms with Gasteiger partial charge in [0.1, 0.15) is 11.9 Å². The second-order valence-electron chi connectivity index (χ2n) is 4.04. The van der Waals surface area contributed by atoms with Gasteiger partial charge in [-0.05, 0) is 29.8 Å². The van der Waals surface area contributed by atoms with Crippen molar-refractivity contribution < 1.29 is 22.7 Å². The fourth-order valence-corrected chi connectivity index (χ4v) is 1.91. The van der Waals surface area contributed by atoms with Gasteiger partial charge in [0, 0.05) is 0 Å². The molecule has 1 saturated heterocycles. The van der Waals surface area contributed by atoms with Crippen molar-refractivity contribution in [1.82, 2.24) is 4.90 Å². The maximum Gasteiger partial charge on any atom is 0.416 e. The molecule has 1 fully saturated rings. The number of amides is 1. The molecule has 0 N–H and O–H groups in total. The van der Waals surface area contributed by atoms with E-state index in [-0.39, 0.29) is 23.9 Å². The van der Waals surface area contributed by atoms with E-state index in [1.807, 2.05) is 0 Å². The maximum atomic E-state index is 12.5. The molecule has 0 unspecified atom stereocenters. The van der Waals surface area contributed by atoms with Gasteiger partial charge in [0.15, 0.2) is 0 Å². The molecular formula is C11H8Cl2F3NO2. The monoisotopic (exact) mass is 313 g/mol. The second kappa shape index (κ2) is 5.09. The third-order valence-corrected chi connectivity index (χ3v) is 3.20. The predicted octanol–water partition coefficient (Wildman–Crippen LogP) is 3.78. The van der Waals surface area contributed by atoms with E-state index in [0.29, 0.717) is 0 Å². The first-order valence-corrected chi connectivity index (χ1v) is 6.01. The quantitative estimate of drug-likeness (QED) is 0.614. The number of rotatable bonds is 2. The number of nitrogens with zero attached hydrogens (tertiary/aromatic N) is 1. The Labute approximate surface area is 116 Å². The molecule has 0 spiro atoms. The molecule has 0 bridgehead atoms. The molecule has 19 heavy (non-hydrogen) atoms. The van der Waals surface area contributed by atoms with Crippen molar-refractivity contribution in [3.8, 4) is 5.75 Å². The smallest absolute Gasteiger partial charge is 0.416 e. The van der Waals surface area contributed by atoms with Gasteiger partial charge < -0.3 is 9.64 Å². The van der Waals surface area contributed by atoms with Crippen molar-refractivity contribution >= 4 is 28.6 Å². The van der Waals surface area contributed by atoms with Crippen molar-refractivity contribution in [3.63, 3.8) is 0 Å². The molecule has 0 aliphatic carbocycles. The maximum absolute atomic E-state index is 12.5. The third-order valence-electron chi connectivity index (χ3n) is 2.65. The van der Waals surface area contributed by atoms with E-state index in [4.69, 9.17) is 27.9 Å². The molecule has 104 valence electrons. The van der Waals surface area contributed by atoms with Crippen molar-refractivity contribution in [2.24, 2.45) is 0 Å². The van der Waals surface area contributed by atoms with Crippen molar-refractivity contribution in [1.29, 1.82) is 0 Å². The minimum atomic E-state index is -4.46. The van der Waals surface area contributed by atoms with Gasteiger partial charge in [0.2, 0.25) is 0 Å². The third kappa shape index (κ3) is 3.25. The normalized spacial score (nSPS) is 16.2. The topological polar surface area (TPSA) is 29.5 Å². The lowest BCUT2D eigenvalue weighted by molar-refractivity contribution is -0.137. The molecule has 0 aromatic heterocycles. The van der Waals surface area contributed by atoms with Crippen LogP contribution in [0, 0.1) is 0 Å². The van der Waals surface area contributed by atoms with Crippen LogP contribution in [0.3, 0.4) is 0 Å². The number of hydrogen-bond acceptors (Lipinski definition) is 2. The minimum Gasteiger partial charge on any atom is -0.485 e. The van der Waals surface area contributed by atoms with Crippen LogP contribution in [0.15, 0.2) is 18.2 Å². The van der Waals surface area contributed by atoms with Gasteiger partial charge in [-0.25, -0.2) is 0 Å². The van der Waals surface area contributed by atoms with Crippen molar-refractivity contribution in [3.05, 3.63) is 28.8 Å². The summed E-state index contributed by atoms with van der Waals surface area (Å²) in [5.41, 5.74) is -0.837. The number of alkyl halides is 3. The fraction of sp³-hybridized carbons (Fsp3) is 0.364. The molecule has 1 aliphatic rings. The van der Waals surface area contributed by atoms with Crippen LogP contribution in [0.2, 0.25) is 5.02 Å². The Kier molecular flexibility index (Phi) is 3.82. The highest BCUT2D eigenvalue weighted by Gasteiger charge is 2.34. The van der Waals surface area contributed by atoms with Gasteiger partial charge in [-0.1, -0.05) is 11.6 Å². The van der Waals surface area contributed by atoms with E-state index in [1.54, 1.807) is 0 Å². The van der Waals surface area contributed by atoms with Crippen molar-refractivity contribution in [2.75, 3.05) is 13.1 Å². The molecule has 1 heterocycles. The van der Waals surface area contributed by atoms with E-state index in [0.717, 1.165) is 18.2 Å². The van der Waals surface area contributed by atoms with Crippen molar-refractivity contribution in [2.45, 2.75) is 12.3 Å². The van der Waals surface area contributed by atoms with E-state index < -0.39 is 23.2 Å². The molecule has 1 aromatic rings. The Morgan fingerprint density at radius 3 is 2.53 bits per heavy atom. The van der Waals surface area contributed by atoms with Crippen LogP contribution in [0.5, 0.6) is 5.75 Å². The number of halogens is 5. The van der Waals surface area contributed by atoms with Gasteiger partial charge in [0.25, 0.3) is 0 Å². The summed E-state index contributed by atoms with van der Waals surface area (Å²) in [6.07, 6.45) is -4.86. The molecule has 0 atom stereocenters. The molecule has 2 rings (SSSR count). The van der Waals surface area contributed by atoms with E-state index in [9.17, 15) is 18.0 Å². The average molecular weight is 314 g/mol. The lowest BCUT2D eigenvalue weighted by atomic mass is 10.1. The molecule has 1 amide bonds. The van der Waals surface area contributed by atoms with Crippen LogP contribution in [0.1, 0.15) is 5.56 Å². The zero-order chi connectivity index (χ0) is 14.2. The summed E-state index contributed by atoms with van der Waals surface area (Å²) in [6.45, 7) is 0.462. The summed E-state index contributed by atoms with van der Waals surface area (Å²) < 4.78 is 42.9. The Bertz CT molecular complexity index is 501. The number of carbonyl (C=O) groups excluding carboxylic acids is 1.